The molecule has 0 saturated heterocycles. The first-order valence-corrected chi connectivity index (χ1v) is 8.89. The van der Waals surface area contributed by atoms with Gasteiger partial charge in [0.05, 0.1) is 11.4 Å². The Labute approximate surface area is 158 Å². The maximum absolute atomic E-state index is 13.6. The second kappa shape index (κ2) is 8.54. The van der Waals surface area contributed by atoms with Crippen molar-refractivity contribution in [3.05, 3.63) is 67.0 Å². The number of pyridine rings is 1. The first kappa shape index (κ1) is 18.7. The third kappa shape index (κ3) is 4.56. The molecule has 6 nitrogen and oxygen atoms in total. The van der Waals surface area contributed by atoms with E-state index in [0.717, 1.165) is 35.5 Å². The summed E-state index contributed by atoms with van der Waals surface area (Å²) in [4.78, 5) is 16.1. The van der Waals surface area contributed by atoms with E-state index in [0.29, 0.717) is 17.5 Å². The molecule has 0 spiro atoms. The van der Waals surface area contributed by atoms with Gasteiger partial charge in [-0.1, -0.05) is 17.8 Å². The number of nitrogens with one attached hydrogen (secondary N) is 1. The van der Waals surface area contributed by atoms with Crippen LogP contribution in [0.15, 0.2) is 60.5 Å². The molecule has 0 aliphatic carbocycles. The molecule has 0 aliphatic heterocycles. The smallest absolute Gasteiger partial charge is 0.234 e. The molecule has 1 amide bonds. The Morgan fingerprint density at radius 2 is 2.00 bits per heavy atom. The van der Waals surface area contributed by atoms with Crippen LogP contribution in [0.1, 0.15) is 0 Å². The summed E-state index contributed by atoms with van der Waals surface area (Å²) in [5.41, 5.74) is 0.628. The number of aromatic nitrogens is 4. The maximum Gasteiger partial charge on any atom is 0.234 e. The fourth-order valence-electron chi connectivity index (χ4n) is 2.31. The second-order valence-corrected chi connectivity index (χ2v) is 6.34. The van der Waals surface area contributed by atoms with Crippen molar-refractivity contribution in [3.63, 3.8) is 0 Å². The quantitative estimate of drug-likeness (QED) is 0.496. The molecular weight excluding hydrogens is 372 g/mol. The largest absolute Gasteiger partial charge is 0.323 e. The molecule has 0 atom stereocenters. The molecule has 3 aromatic rings. The van der Waals surface area contributed by atoms with Crippen molar-refractivity contribution >= 4 is 23.4 Å². The first-order chi connectivity index (χ1) is 13.1. The second-order valence-electron chi connectivity index (χ2n) is 5.40. The molecule has 0 bridgehead atoms. The number of rotatable bonds is 7. The lowest BCUT2D eigenvalue weighted by Crippen LogP contribution is -2.15. The summed E-state index contributed by atoms with van der Waals surface area (Å²) in [6.07, 6.45) is 4.99. The Balaban J connectivity index is 1.72. The van der Waals surface area contributed by atoms with Gasteiger partial charge in [0, 0.05) is 30.6 Å². The average molecular weight is 387 g/mol. The number of thioether (sulfide) groups is 1. The number of halogens is 2. The predicted molar refractivity (Wildman–Crippen MR) is 99.2 cm³/mol. The van der Waals surface area contributed by atoms with E-state index in [-0.39, 0.29) is 11.4 Å². The van der Waals surface area contributed by atoms with Crippen LogP contribution in [0.3, 0.4) is 0 Å². The molecule has 27 heavy (non-hydrogen) atoms. The van der Waals surface area contributed by atoms with Gasteiger partial charge >= 0.3 is 0 Å². The minimum atomic E-state index is -0.704. The molecule has 2 aromatic heterocycles. The van der Waals surface area contributed by atoms with Crippen molar-refractivity contribution in [1.29, 1.82) is 0 Å². The minimum Gasteiger partial charge on any atom is -0.323 e. The molecule has 0 radical (unpaired) electrons. The van der Waals surface area contributed by atoms with E-state index in [9.17, 15) is 13.6 Å². The van der Waals surface area contributed by atoms with Crippen LogP contribution >= 0.6 is 11.8 Å². The molecule has 0 aliphatic rings. The topological polar surface area (TPSA) is 72.7 Å². The van der Waals surface area contributed by atoms with Crippen LogP contribution in [0.2, 0.25) is 0 Å². The summed E-state index contributed by atoms with van der Waals surface area (Å²) in [6, 6.07) is 6.48. The van der Waals surface area contributed by atoms with Crippen molar-refractivity contribution in [2.75, 3.05) is 11.1 Å². The van der Waals surface area contributed by atoms with Gasteiger partial charge in [-0.25, -0.2) is 8.78 Å². The van der Waals surface area contributed by atoms with Crippen LogP contribution in [-0.2, 0) is 11.3 Å². The summed E-state index contributed by atoms with van der Waals surface area (Å²) in [5.74, 6) is -1.24. The van der Waals surface area contributed by atoms with Crippen LogP contribution in [0.4, 0.5) is 14.5 Å². The molecule has 1 N–H and O–H groups in total. The zero-order valence-corrected chi connectivity index (χ0v) is 14.9. The molecule has 1 aromatic carbocycles. The number of anilines is 1. The van der Waals surface area contributed by atoms with Crippen molar-refractivity contribution in [2.24, 2.45) is 0 Å². The minimum absolute atomic E-state index is 0.0401. The standard InChI is InChI=1S/C18H15F2N5OS/c1-2-9-25-17(12-5-7-21-8-6-12)23-24-18(25)27-11-16(26)22-15-10-13(19)3-4-14(15)20/h2-8,10H,1,9,11H2,(H,22,26). The summed E-state index contributed by atoms with van der Waals surface area (Å²) >= 11 is 1.14. The highest BCUT2D eigenvalue weighted by atomic mass is 32.2. The lowest BCUT2D eigenvalue weighted by Gasteiger charge is -2.08. The molecule has 9 heteroatoms. The van der Waals surface area contributed by atoms with E-state index in [4.69, 9.17) is 0 Å². The van der Waals surface area contributed by atoms with Crippen molar-refractivity contribution in [3.8, 4) is 11.4 Å². The Morgan fingerprint density at radius 1 is 1.22 bits per heavy atom. The molecule has 0 unspecified atom stereocenters. The van der Waals surface area contributed by atoms with Crippen LogP contribution < -0.4 is 5.32 Å². The average Bonchev–Trinajstić information content (AvgIpc) is 3.07. The third-order valence-corrected chi connectivity index (χ3v) is 4.47. The van der Waals surface area contributed by atoms with Gasteiger partial charge < -0.3 is 5.32 Å². The summed E-state index contributed by atoms with van der Waals surface area (Å²) in [7, 11) is 0. The summed E-state index contributed by atoms with van der Waals surface area (Å²) in [5, 5.41) is 11.1. The van der Waals surface area contributed by atoms with E-state index in [1.54, 1.807) is 30.6 Å². The highest BCUT2D eigenvalue weighted by Crippen LogP contribution is 2.24. The molecule has 138 valence electrons. The van der Waals surface area contributed by atoms with E-state index < -0.39 is 17.5 Å². The van der Waals surface area contributed by atoms with Crippen LogP contribution in [-0.4, -0.2) is 31.4 Å². The van der Waals surface area contributed by atoms with Gasteiger partial charge in [-0.2, -0.15) is 0 Å². The fraction of sp³-hybridized carbons (Fsp3) is 0.111. The number of amides is 1. The van der Waals surface area contributed by atoms with Gasteiger partial charge in [0.1, 0.15) is 11.6 Å². The van der Waals surface area contributed by atoms with Crippen LogP contribution in [0, 0.1) is 11.6 Å². The van der Waals surface area contributed by atoms with Gasteiger partial charge in [0.15, 0.2) is 11.0 Å². The number of allylic oxidation sites excluding steroid dienone is 1. The Morgan fingerprint density at radius 3 is 2.74 bits per heavy atom. The highest BCUT2D eigenvalue weighted by Gasteiger charge is 2.15. The number of hydrogen-bond acceptors (Lipinski definition) is 5. The number of carbonyl (C=O) groups is 1. The molecular formula is C18H15F2N5OS. The van der Waals surface area contributed by atoms with Gasteiger partial charge in [0.2, 0.25) is 5.91 Å². The van der Waals surface area contributed by atoms with Crippen molar-refractivity contribution < 1.29 is 13.6 Å². The van der Waals surface area contributed by atoms with E-state index >= 15 is 0 Å². The normalized spacial score (nSPS) is 10.6. The number of benzene rings is 1. The maximum atomic E-state index is 13.6. The molecule has 0 saturated carbocycles. The Kier molecular flexibility index (Phi) is 5.92. The lowest BCUT2D eigenvalue weighted by atomic mass is 10.2. The number of hydrogen-bond donors (Lipinski definition) is 1. The Hall–Kier alpha value is -3.07. The SMILES string of the molecule is C=CCn1c(SCC(=O)Nc2cc(F)ccc2F)nnc1-c1ccncc1. The van der Waals surface area contributed by atoms with Crippen LogP contribution in [0.5, 0.6) is 0 Å². The number of nitrogens with zero attached hydrogens (tertiary/aromatic N) is 4. The van der Waals surface area contributed by atoms with Crippen LogP contribution in [0.25, 0.3) is 11.4 Å². The highest BCUT2D eigenvalue weighted by molar-refractivity contribution is 7.99. The van der Waals surface area contributed by atoms with Gasteiger partial charge in [-0.05, 0) is 24.3 Å². The molecule has 2 heterocycles. The summed E-state index contributed by atoms with van der Waals surface area (Å²) < 4.78 is 28.6. The van der Waals surface area contributed by atoms with E-state index in [2.05, 4.69) is 27.1 Å². The van der Waals surface area contributed by atoms with Gasteiger partial charge in [-0.15, -0.1) is 16.8 Å². The summed E-state index contributed by atoms with van der Waals surface area (Å²) in [6.45, 7) is 4.18. The predicted octanol–water partition coefficient (Wildman–Crippen LogP) is 3.54. The third-order valence-electron chi connectivity index (χ3n) is 3.50. The first-order valence-electron chi connectivity index (χ1n) is 7.90. The van der Waals surface area contributed by atoms with Crippen molar-refractivity contribution in [1.82, 2.24) is 19.7 Å². The number of carbonyl (C=O) groups excluding carboxylic acids is 1. The zero-order valence-electron chi connectivity index (χ0n) is 14.1. The molecule has 3 rings (SSSR count). The zero-order chi connectivity index (χ0) is 19.2. The van der Waals surface area contributed by atoms with Gasteiger partial charge in [0.25, 0.3) is 0 Å². The Bertz CT molecular complexity index is 962. The fourth-order valence-corrected chi connectivity index (χ4v) is 3.06. The monoisotopic (exact) mass is 387 g/mol. The lowest BCUT2D eigenvalue weighted by molar-refractivity contribution is -0.113. The van der Waals surface area contributed by atoms with E-state index in [1.165, 1.54) is 0 Å². The van der Waals surface area contributed by atoms with E-state index in [1.807, 2.05) is 4.57 Å². The van der Waals surface area contributed by atoms with Crippen molar-refractivity contribution in [2.45, 2.75) is 11.7 Å². The van der Waals surface area contributed by atoms with Gasteiger partial charge in [-0.3, -0.25) is 14.3 Å². The molecule has 0 fully saturated rings.